The Morgan fingerprint density at radius 2 is 1.53 bits per heavy atom. The fourth-order valence-electron chi connectivity index (χ4n) is 7.16. The Bertz CT molecular complexity index is 1980. The van der Waals surface area contributed by atoms with Gasteiger partial charge in [0.05, 0.1) is 16.0 Å². The Kier molecular flexibility index (Phi) is 8.84. The molecule has 10 heteroatoms. The van der Waals surface area contributed by atoms with Crippen LogP contribution >= 0.6 is 12.2 Å². The number of rotatable bonds is 9. The van der Waals surface area contributed by atoms with Gasteiger partial charge in [-0.05, 0) is 67.7 Å². The Balaban J connectivity index is 1.49. The monoisotopic (exact) mass is 670 g/mol. The van der Waals surface area contributed by atoms with E-state index in [1.807, 2.05) is 24.3 Å². The van der Waals surface area contributed by atoms with Gasteiger partial charge in [-0.1, -0.05) is 85.6 Å². The molecule has 2 heterocycles. The fourth-order valence-corrected chi connectivity index (χ4v) is 9.37. The van der Waals surface area contributed by atoms with Crippen LogP contribution in [-0.2, 0) is 30.2 Å². The summed E-state index contributed by atoms with van der Waals surface area (Å²) >= 11 is 0.417. The molecule has 244 valence electrons. The van der Waals surface area contributed by atoms with E-state index in [4.69, 9.17) is 9.59 Å². The lowest BCUT2D eigenvalue weighted by Gasteiger charge is -2.25. The third-order valence-corrected chi connectivity index (χ3v) is 12.3. The van der Waals surface area contributed by atoms with Crippen LogP contribution in [0.2, 0.25) is 0 Å². The molecule has 1 N–H and O–H groups in total. The Labute approximate surface area is 281 Å². The second-order valence-corrected chi connectivity index (χ2v) is 15.7. The van der Waals surface area contributed by atoms with E-state index in [9.17, 15) is 8.42 Å². The van der Waals surface area contributed by atoms with E-state index in [0.717, 1.165) is 37.6 Å². The number of benzene rings is 3. The standard InChI is InChI=1S/C37H39N3O5S2/c1-36(2)29-16-10-12-18-31(29)38(5)33(36)24-22-26-20-21-27(23-25-34-37(3,4)30-17-11-13-19-32(30)39(34)6)35(26)40(46-45-44-41)47(42,43)28-14-8-7-9-15-28/h7-19,22-25H,20-21H2,1-6H3/p+1. The fraction of sp³-hybridized carbons (Fsp3) is 0.270. The molecule has 0 fully saturated rings. The molecule has 0 saturated carbocycles. The van der Waals surface area contributed by atoms with Crippen molar-refractivity contribution >= 4 is 39.3 Å². The van der Waals surface area contributed by atoms with Gasteiger partial charge in [-0.3, -0.25) is 0 Å². The number of nitrogens with zero attached hydrogens (tertiary/aromatic N) is 3. The van der Waals surface area contributed by atoms with Crippen molar-refractivity contribution in [1.29, 1.82) is 0 Å². The van der Waals surface area contributed by atoms with Crippen LogP contribution in [0.15, 0.2) is 131 Å². The molecular weight excluding hydrogens is 631 g/mol. The lowest BCUT2D eigenvalue weighted by atomic mass is 9.81. The minimum absolute atomic E-state index is 0.0862. The number of hydrogen-bond donors (Lipinski definition) is 1. The van der Waals surface area contributed by atoms with Gasteiger partial charge in [0.15, 0.2) is 17.9 Å². The normalized spacial score (nSPS) is 20.2. The highest BCUT2D eigenvalue weighted by Gasteiger charge is 2.43. The Hall–Kier alpha value is -3.93. The highest BCUT2D eigenvalue weighted by Crippen LogP contribution is 2.48. The lowest BCUT2D eigenvalue weighted by Crippen LogP contribution is -2.27. The Morgan fingerprint density at radius 1 is 0.872 bits per heavy atom. The van der Waals surface area contributed by atoms with Gasteiger partial charge in [0.1, 0.15) is 7.05 Å². The topological polar surface area (TPSA) is 82.3 Å². The number of para-hydroxylation sites is 2. The molecule has 6 rings (SSSR count). The lowest BCUT2D eigenvalue weighted by molar-refractivity contribution is -0.432. The summed E-state index contributed by atoms with van der Waals surface area (Å²) in [6.07, 6.45) is 9.40. The summed E-state index contributed by atoms with van der Waals surface area (Å²) < 4.78 is 36.6. The third kappa shape index (κ3) is 5.68. The molecule has 1 aliphatic carbocycles. The summed E-state index contributed by atoms with van der Waals surface area (Å²) in [5, 5.41) is 13.1. The molecule has 3 aliphatic rings. The molecule has 2 aliphatic heterocycles. The van der Waals surface area contributed by atoms with Crippen molar-refractivity contribution in [2.24, 2.45) is 0 Å². The molecule has 3 aromatic rings. The van der Waals surface area contributed by atoms with E-state index in [1.54, 1.807) is 18.2 Å². The van der Waals surface area contributed by atoms with Gasteiger partial charge in [0.25, 0.3) is 10.0 Å². The minimum atomic E-state index is -4.15. The van der Waals surface area contributed by atoms with Gasteiger partial charge in [-0.15, -0.1) is 4.33 Å². The van der Waals surface area contributed by atoms with Gasteiger partial charge in [0.2, 0.25) is 5.69 Å². The second-order valence-electron chi connectivity index (χ2n) is 13.0. The van der Waals surface area contributed by atoms with E-state index < -0.39 is 10.0 Å². The van der Waals surface area contributed by atoms with Crippen LogP contribution in [0, 0.1) is 0 Å². The van der Waals surface area contributed by atoms with Gasteiger partial charge in [0, 0.05) is 41.6 Å². The predicted octanol–water partition coefficient (Wildman–Crippen LogP) is 8.21. The van der Waals surface area contributed by atoms with E-state index in [2.05, 4.69) is 105 Å². The van der Waals surface area contributed by atoms with Crippen LogP contribution in [0.1, 0.15) is 51.7 Å². The summed E-state index contributed by atoms with van der Waals surface area (Å²) in [7, 11) is -0.0394. The van der Waals surface area contributed by atoms with Crippen LogP contribution in [0.25, 0.3) is 0 Å². The van der Waals surface area contributed by atoms with Crippen molar-refractivity contribution in [3.05, 3.63) is 137 Å². The number of sulfonamides is 1. The molecule has 0 bridgehead atoms. The van der Waals surface area contributed by atoms with E-state index in [1.165, 1.54) is 23.3 Å². The molecule has 8 nitrogen and oxygen atoms in total. The predicted molar refractivity (Wildman–Crippen MR) is 188 cm³/mol. The molecule has 0 unspecified atom stereocenters. The van der Waals surface area contributed by atoms with Crippen molar-refractivity contribution in [3.63, 3.8) is 0 Å². The van der Waals surface area contributed by atoms with Crippen molar-refractivity contribution in [2.45, 2.75) is 56.3 Å². The number of anilines is 1. The smallest absolute Gasteiger partial charge is 0.275 e. The maximum atomic E-state index is 14.2. The molecule has 0 aromatic heterocycles. The average Bonchev–Trinajstić information content (AvgIpc) is 3.61. The minimum Gasteiger partial charge on any atom is -0.347 e. The summed E-state index contributed by atoms with van der Waals surface area (Å²) in [5.74, 6) is 0. The van der Waals surface area contributed by atoms with Crippen molar-refractivity contribution in [1.82, 2.24) is 3.71 Å². The molecule has 0 saturated heterocycles. The summed E-state index contributed by atoms with van der Waals surface area (Å²) in [4.78, 5) is 2.27. The first-order valence-electron chi connectivity index (χ1n) is 15.5. The zero-order chi connectivity index (χ0) is 33.6. The maximum absolute atomic E-state index is 14.2. The summed E-state index contributed by atoms with van der Waals surface area (Å²) in [6, 6.07) is 24.9. The third-order valence-electron chi connectivity index (χ3n) is 9.61. The van der Waals surface area contributed by atoms with Crippen LogP contribution < -0.4 is 4.90 Å². The van der Waals surface area contributed by atoms with Gasteiger partial charge in [-0.2, -0.15) is 8.29 Å². The highest BCUT2D eigenvalue weighted by molar-refractivity contribution is 8.06. The number of allylic oxidation sites excluding steroid dienone is 7. The average molecular weight is 671 g/mol. The van der Waals surface area contributed by atoms with E-state index >= 15 is 0 Å². The van der Waals surface area contributed by atoms with E-state index in [0.29, 0.717) is 30.8 Å². The molecular formula is C37H40N3O5S2+. The quantitative estimate of drug-likeness (QED) is 0.0808. The van der Waals surface area contributed by atoms with E-state index in [-0.39, 0.29) is 15.7 Å². The van der Waals surface area contributed by atoms with Crippen molar-refractivity contribution in [2.75, 3.05) is 19.0 Å². The molecule has 0 atom stereocenters. The van der Waals surface area contributed by atoms with Gasteiger partial charge >= 0.3 is 0 Å². The highest BCUT2D eigenvalue weighted by atomic mass is 32.3. The zero-order valence-electron chi connectivity index (χ0n) is 27.5. The van der Waals surface area contributed by atoms with Crippen LogP contribution in [0.4, 0.5) is 11.4 Å². The summed E-state index contributed by atoms with van der Waals surface area (Å²) in [6.45, 7) is 8.79. The second kappa shape index (κ2) is 12.6. The molecule has 0 spiro atoms. The number of fused-ring (bicyclic) bond motifs is 2. The van der Waals surface area contributed by atoms with Gasteiger partial charge in [-0.25, -0.2) is 13.7 Å². The van der Waals surface area contributed by atoms with Crippen LogP contribution in [-0.4, -0.2) is 41.8 Å². The van der Waals surface area contributed by atoms with Crippen LogP contribution in [0.5, 0.6) is 0 Å². The first-order valence-corrected chi connectivity index (χ1v) is 17.7. The molecule has 47 heavy (non-hydrogen) atoms. The molecule has 0 radical (unpaired) electrons. The van der Waals surface area contributed by atoms with Crippen molar-refractivity contribution in [3.8, 4) is 0 Å². The number of hydrogen-bond acceptors (Lipinski definition) is 7. The first kappa shape index (κ1) is 33.0. The van der Waals surface area contributed by atoms with Crippen LogP contribution in [0.3, 0.4) is 0 Å². The van der Waals surface area contributed by atoms with Crippen molar-refractivity contribution < 1.29 is 27.6 Å². The maximum Gasteiger partial charge on any atom is 0.275 e. The SMILES string of the molecule is CN1C(=CC=C2CCC(C=CC3=[N+](C)c4ccccc4C3(C)C)=C2N(SOOO)S(=O)(=O)c2ccccc2)C(C)(C)c2ccccc21. The van der Waals surface area contributed by atoms with Gasteiger partial charge < -0.3 is 4.90 Å². The zero-order valence-corrected chi connectivity index (χ0v) is 29.1. The largest absolute Gasteiger partial charge is 0.347 e. The molecule has 0 amide bonds. The Morgan fingerprint density at radius 3 is 2.21 bits per heavy atom. The first-order chi connectivity index (χ1) is 22.4. The number of likely N-dealkylation sites (N-methyl/N-ethyl adjacent to an activating group) is 1. The summed E-state index contributed by atoms with van der Waals surface area (Å²) in [5.41, 5.74) is 8.54. The molecule has 3 aromatic carbocycles.